The molecule has 0 heterocycles. The second kappa shape index (κ2) is 6.92. The minimum absolute atomic E-state index is 0.0493. The first-order valence-electron chi connectivity index (χ1n) is 6.37. The van der Waals surface area contributed by atoms with Gasteiger partial charge in [-0.15, -0.1) is 0 Å². The summed E-state index contributed by atoms with van der Waals surface area (Å²) in [6, 6.07) is 5.97. The number of amides is 1. The predicted octanol–water partition coefficient (Wildman–Crippen LogP) is 2.20. The van der Waals surface area contributed by atoms with Crippen molar-refractivity contribution in [3.63, 3.8) is 0 Å². The zero-order chi connectivity index (χ0) is 14.4. The Balaban J connectivity index is 2.85. The largest absolute Gasteiger partial charge is 0.496 e. The van der Waals surface area contributed by atoms with Crippen LogP contribution in [0.3, 0.4) is 0 Å². The van der Waals surface area contributed by atoms with Crippen molar-refractivity contribution in [2.75, 3.05) is 14.2 Å². The second-order valence-corrected chi connectivity index (χ2v) is 4.63. The number of nitrogens with zero attached hydrogens (tertiary/aromatic N) is 1. The van der Waals surface area contributed by atoms with Crippen molar-refractivity contribution in [2.45, 2.75) is 33.2 Å². The van der Waals surface area contributed by atoms with E-state index >= 15 is 0 Å². The molecular formula is C15H21NO3. The smallest absolute Gasteiger partial charge is 0.230 e. The second-order valence-electron chi connectivity index (χ2n) is 4.63. The van der Waals surface area contributed by atoms with Gasteiger partial charge in [-0.3, -0.25) is 9.59 Å². The highest BCUT2D eigenvalue weighted by Gasteiger charge is 2.14. The summed E-state index contributed by atoms with van der Waals surface area (Å²) in [6.07, 6.45) is 0.883. The van der Waals surface area contributed by atoms with Gasteiger partial charge in [0, 0.05) is 19.2 Å². The number of benzene rings is 1. The van der Waals surface area contributed by atoms with Crippen LogP contribution in [-0.2, 0) is 22.6 Å². The first-order valence-corrected chi connectivity index (χ1v) is 6.37. The van der Waals surface area contributed by atoms with E-state index in [1.54, 1.807) is 19.1 Å². The number of rotatable bonds is 6. The number of ketones is 1. The Bertz CT molecular complexity index is 468. The highest BCUT2D eigenvalue weighted by Crippen LogP contribution is 2.21. The third kappa shape index (κ3) is 4.39. The van der Waals surface area contributed by atoms with E-state index in [0.29, 0.717) is 6.54 Å². The summed E-state index contributed by atoms with van der Waals surface area (Å²) in [5, 5.41) is 0. The topological polar surface area (TPSA) is 46.6 Å². The number of hydrogen-bond donors (Lipinski definition) is 0. The lowest BCUT2D eigenvalue weighted by Gasteiger charge is -2.19. The van der Waals surface area contributed by atoms with Crippen LogP contribution in [0.4, 0.5) is 0 Å². The third-order valence-electron chi connectivity index (χ3n) is 2.99. The molecule has 0 aliphatic heterocycles. The summed E-state index contributed by atoms with van der Waals surface area (Å²) in [5.41, 5.74) is 2.16. The Labute approximate surface area is 114 Å². The summed E-state index contributed by atoms with van der Waals surface area (Å²) in [6.45, 7) is 3.95. The normalized spacial score (nSPS) is 10.1. The molecule has 0 spiro atoms. The molecule has 0 atom stereocenters. The number of Topliss-reactive ketones (excluding diaryl/α,β-unsaturated/α-hetero) is 1. The molecule has 0 aromatic heterocycles. The van der Waals surface area contributed by atoms with Gasteiger partial charge in [0.25, 0.3) is 0 Å². The lowest BCUT2D eigenvalue weighted by atomic mass is 10.1. The van der Waals surface area contributed by atoms with Crippen LogP contribution >= 0.6 is 0 Å². The average molecular weight is 263 g/mol. The molecule has 1 aromatic carbocycles. The molecule has 4 nitrogen and oxygen atoms in total. The Morgan fingerprint density at radius 2 is 2.00 bits per heavy atom. The molecule has 19 heavy (non-hydrogen) atoms. The third-order valence-corrected chi connectivity index (χ3v) is 2.99. The summed E-state index contributed by atoms with van der Waals surface area (Å²) < 4.78 is 5.30. The molecule has 1 aromatic rings. The molecule has 0 bridgehead atoms. The van der Waals surface area contributed by atoms with Gasteiger partial charge in [-0.1, -0.05) is 19.1 Å². The van der Waals surface area contributed by atoms with Crippen molar-refractivity contribution in [2.24, 2.45) is 0 Å². The summed E-state index contributed by atoms with van der Waals surface area (Å²) in [7, 11) is 3.31. The molecule has 104 valence electrons. The van der Waals surface area contributed by atoms with Gasteiger partial charge < -0.3 is 9.64 Å². The van der Waals surface area contributed by atoms with Crippen molar-refractivity contribution in [3.05, 3.63) is 29.3 Å². The van der Waals surface area contributed by atoms with Crippen LogP contribution in [0.2, 0.25) is 0 Å². The van der Waals surface area contributed by atoms with Crippen LogP contribution in [0, 0.1) is 0 Å². The van der Waals surface area contributed by atoms with Crippen LogP contribution < -0.4 is 4.74 Å². The molecule has 4 heteroatoms. The maximum atomic E-state index is 11.8. The van der Waals surface area contributed by atoms with Gasteiger partial charge in [0.05, 0.1) is 13.5 Å². The van der Waals surface area contributed by atoms with Gasteiger partial charge in [-0.2, -0.15) is 0 Å². The maximum Gasteiger partial charge on any atom is 0.230 e. The molecule has 0 N–H and O–H groups in total. The van der Waals surface area contributed by atoms with E-state index in [1.165, 1.54) is 12.5 Å². The zero-order valence-electron chi connectivity index (χ0n) is 12.0. The van der Waals surface area contributed by atoms with Crippen LogP contribution in [0.1, 0.15) is 31.4 Å². The van der Waals surface area contributed by atoms with Crippen molar-refractivity contribution in [3.8, 4) is 5.75 Å². The zero-order valence-corrected chi connectivity index (χ0v) is 12.0. The lowest BCUT2D eigenvalue weighted by Crippen LogP contribution is -2.27. The van der Waals surface area contributed by atoms with Gasteiger partial charge >= 0.3 is 0 Å². The molecule has 0 unspecified atom stereocenters. The van der Waals surface area contributed by atoms with E-state index in [2.05, 4.69) is 6.92 Å². The molecule has 0 saturated heterocycles. The fourth-order valence-electron chi connectivity index (χ4n) is 1.87. The quantitative estimate of drug-likeness (QED) is 0.739. The number of carbonyl (C=O) groups is 2. The molecule has 0 aliphatic carbocycles. The summed E-state index contributed by atoms with van der Waals surface area (Å²) in [4.78, 5) is 24.3. The monoisotopic (exact) mass is 263 g/mol. The van der Waals surface area contributed by atoms with Crippen LogP contribution in [0.5, 0.6) is 5.75 Å². The molecule has 1 rings (SSSR count). The molecule has 0 fully saturated rings. The minimum Gasteiger partial charge on any atom is -0.496 e. The summed E-state index contributed by atoms with van der Waals surface area (Å²) >= 11 is 0. The van der Waals surface area contributed by atoms with E-state index in [9.17, 15) is 9.59 Å². The van der Waals surface area contributed by atoms with Gasteiger partial charge in [0.2, 0.25) is 5.91 Å². The van der Waals surface area contributed by atoms with Crippen molar-refractivity contribution >= 4 is 11.7 Å². The number of carbonyl (C=O) groups excluding carboxylic acids is 2. The predicted molar refractivity (Wildman–Crippen MR) is 74.1 cm³/mol. The molecule has 0 radical (unpaired) electrons. The van der Waals surface area contributed by atoms with Crippen molar-refractivity contribution < 1.29 is 14.3 Å². The Kier molecular flexibility index (Phi) is 5.55. The standard InChI is InChI=1S/C15H21NO3/c1-5-12-6-7-14(19-4)13(9-12)10-16(3)15(18)8-11(2)17/h6-7,9H,5,8,10H2,1-4H3. The SMILES string of the molecule is CCc1ccc(OC)c(CN(C)C(=O)CC(C)=O)c1. The Morgan fingerprint density at radius 3 is 2.53 bits per heavy atom. The van der Waals surface area contributed by atoms with Crippen LogP contribution in [0.25, 0.3) is 0 Å². The highest BCUT2D eigenvalue weighted by molar-refractivity contribution is 5.96. The highest BCUT2D eigenvalue weighted by atomic mass is 16.5. The van der Waals surface area contributed by atoms with E-state index in [0.717, 1.165) is 17.7 Å². The minimum atomic E-state index is -0.170. The van der Waals surface area contributed by atoms with Gasteiger partial charge in [-0.25, -0.2) is 0 Å². The summed E-state index contributed by atoms with van der Waals surface area (Å²) in [5.74, 6) is 0.474. The fourth-order valence-corrected chi connectivity index (χ4v) is 1.87. The van der Waals surface area contributed by atoms with Crippen LogP contribution in [0.15, 0.2) is 18.2 Å². The van der Waals surface area contributed by atoms with Gasteiger partial charge in [-0.05, 0) is 25.0 Å². The van der Waals surface area contributed by atoms with Crippen molar-refractivity contribution in [1.29, 1.82) is 0 Å². The Morgan fingerprint density at radius 1 is 1.32 bits per heavy atom. The molecule has 0 saturated carbocycles. The van der Waals surface area contributed by atoms with Gasteiger partial charge in [0.1, 0.15) is 11.5 Å². The fraction of sp³-hybridized carbons (Fsp3) is 0.467. The van der Waals surface area contributed by atoms with E-state index in [1.807, 2.05) is 18.2 Å². The first kappa shape index (κ1) is 15.2. The van der Waals surface area contributed by atoms with Crippen LogP contribution in [-0.4, -0.2) is 30.7 Å². The Hall–Kier alpha value is -1.84. The van der Waals surface area contributed by atoms with Gasteiger partial charge in [0.15, 0.2) is 0 Å². The number of methoxy groups -OCH3 is 1. The average Bonchev–Trinajstić information content (AvgIpc) is 2.37. The first-order chi connectivity index (χ1) is 8.97. The molecular weight excluding hydrogens is 242 g/mol. The lowest BCUT2D eigenvalue weighted by molar-refractivity contribution is -0.134. The van der Waals surface area contributed by atoms with E-state index < -0.39 is 0 Å². The van der Waals surface area contributed by atoms with Crippen molar-refractivity contribution in [1.82, 2.24) is 4.90 Å². The van der Waals surface area contributed by atoms with E-state index in [4.69, 9.17) is 4.74 Å². The number of aryl methyl sites for hydroxylation is 1. The number of hydrogen-bond acceptors (Lipinski definition) is 3. The maximum absolute atomic E-state index is 11.8. The van der Waals surface area contributed by atoms with E-state index in [-0.39, 0.29) is 18.1 Å². The number of ether oxygens (including phenoxy) is 1. The molecule has 0 aliphatic rings. The molecule has 1 amide bonds.